The van der Waals surface area contributed by atoms with Crippen LogP contribution in [-0.4, -0.2) is 40.1 Å². The Hall–Kier alpha value is -3.33. The Morgan fingerprint density at radius 3 is 1.94 bits per heavy atom. The molecule has 7 nitrogen and oxygen atoms in total. The second-order valence-corrected chi connectivity index (χ2v) is 7.94. The molecule has 0 aliphatic heterocycles. The van der Waals surface area contributed by atoms with Gasteiger partial charge in [0.15, 0.2) is 0 Å². The van der Waals surface area contributed by atoms with Gasteiger partial charge in [0.1, 0.15) is 23.7 Å². The predicted molar refractivity (Wildman–Crippen MR) is 113 cm³/mol. The van der Waals surface area contributed by atoms with Crippen molar-refractivity contribution in [3.05, 3.63) is 70.8 Å². The number of amides is 1. The first-order chi connectivity index (χ1) is 15.0. The number of hydrogen-bond donors (Lipinski definition) is 4. The van der Waals surface area contributed by atoms with Gasteiger partial charge < -0.3 is 15.5 Å². The summed E-state index contributed by atoms with van der Waals surface area (Å²) >= 11 is 0. The molecule has 0 aliphatic carbocycles. The molecule has 2 atom stereocenters. The van der Waals surface area contributed by atoms with E-state index in [0.29, 0.717) is 5.56 Å². The lowest BCUT2D eigenvalue weighted by molar-refractivity contribution is -0.142. The maximum atomic E-state index is 13.2. The van der Waals surface area contributed by atoms with Crippen molar-refractivity contribution in [1.29, 1.82) is 0 Å². The summed E-state index contributed by atoms with van der Waals surface area (Å²) in [5.74, 6) is -4.16. The molecule has 0 fully saturated rings. The molecule has 9 heteroatoms. The van der Waals surface area contributed by atoms with Crippen molar-refractivity contribution in [2.45, 2.75) is 45.3 Å². The molecule has 32 heavy (non-hydrogen) atoms. The first kappa shape index (κ1) is 24.9. The van der Waals surface area contributed by atoms with Gasteiger partial charge >= 0.3 is 11.9 Å². The number of carbonyl (C=O) groups excluding carboxylic acids is 1. The normalized spacial score (nSPS) is 12.9. The molecule has 4 N–H and O–H groups in total. The fourth-order valence-electron chi connectivity index (χ4n) is 3.20. The monoisotopic (exact) mass is 448 g/mol. The minimum atomic E-state index is -1.18. The molecular weight excluding hydrogens is 422 g/mol. The fourth-order valence-corrected chi connectivity index (χ4v) is 3.20. The van der Waals surface area contributed by atoms with E-state index in [2.05, 4.69) is 10.6 Å². The predicted octanol–water partition coefficient (Wildman–Crippen LogP) is 2.98. The summed E-state index contributed by atoms with van der Waals surface area (Å²) in [7, 11) is 0. The molecule has 0 heterocycles. The number of benzene rings is 2. The van der Waals surface area contributed by atoms with Gasteiger partial charge in [0.05, 0.1) is 0 Å². The van der Waals surface area contributed by atoms with Crippen molar-refractivity contribution in [3.63, 3.8) is 0 Å². The van der Waals surface area contributed by atoms with Crippen LogP contribution in [0.1, 0.15) is 41.8 Å². The highest BCUT2D eigenvalue weighted by atomic mass is 19.1. The zero-order valence-electron chi connectivity index (χ0n) is 17.8. The zero-order valence-corrected chi connectivity index (χ0v) is 17.8. The molecule has 0 bridgehead atoms. The molecule has 0 saturated carbocycles. The molecule has 0 aliphatic rings. The molecule has 2 unspecified atom stereocenters. The molecule has 0 saturated heterocycles. The number of nitrogens with one attached hydrogen (secondary N) is 2. The summed E-state index contributed by atoms with van der Waals surface area (Å²) < 4.78 is 26.5. The Balaban J connectivity index is 2.00. The summed E-state index contributed by atoms with van der Waals surface area (Å²) in [6.45, 7) is 3.64. The van der Waals surface area contributed by atoms with Crippen LogP contribution in [-0.2, 0) is 22.6 Å². The first-order valence-corrected chi connectivity index (χ1v) is 10.1. The second-order valence-electron chi connectivity index (χ2n) is 7.94. The van der Waals surface area contributed by atoms with Crippen molar-refractivity contribution in [2.24, 2.45) is 5.92 Å². The van der Waals surface area contributed by atoms with Gasteiger partial charge in [0, 0.05) is 18.2 Å². The summed E-state index contributed by atoms with van der Waals surface area (Å²) in [6, 6.07) is 7.03. The lowest BCUT2D eigenvalue weighted by atomic mass is 10.00. The van der Waals surface area contributed by atoms with Gasteiger partial charge in [0.2, 0.25) is 0 Å². The number of carboxylic acids is 2. The van der Waals surface area contributed by atoms with Crippen LogP contribution in [0.5, 0.6) is 0 Å². The van der Waals surface area contributed by atoms with Crippen LogP contribution in [0.2, 0.25) is 0 Å². The van der Waals surface area contributed by atoms with Crippen molar-refractivity contribution in [1.82, 2.24) is 10.6 Å². The average molecular weight is 448 g/mol. The van der Waals surface area contributed by atoms with E-state index in [-0.39, 0.29) is 36.4 Å². The van der Waals surface area contributed by atoms with Crippen LogP contribution in [0, 0.1) is 17.6 Å². The lowest BCUT2D eigenvalue weighted by Crippen LogP contribution is -2.48. The highest BCUT2D eigenvalue weighted by Gasteiger charge is 2.26. The van der Waals surface area contributed by atoms with E-state index in [0.717, 1.165) is 18.2 Å². The van der Waals surface area contributed by atoms with E-state index in [9.17, 15) is 33.4 Å². The van der Waals surface area contributed by atoms with E-state index in [4.69, 9.17) is 0 Å². The third-order valence-electron chi connectivity index (χ3n) is 4.74. The van der Waals surface area contributed by atoms with Gasteiger partial charge in [-0.2, -0.15) is 0 Å². The van der Waals surface area contributed by atoms with Gasteiger partial charge in [-0.25, -0.2) is 8.78 Å². The summed E-state index contributed by atoms with van der Waals surface area (Å²) in [6.07, 6.45) is 0.315. The largest absolute Gasteiger partial charge is 0.480 e. The van der Waals surface area contributed by atoms with E-state index in [1.165, 1.54) is 12.1 Å². The number of halogens is 2. The highest BCUT2D eigenvalue weighted by molar-refractivity contribution is 5.94. The molecule has 2 aromatic rings. The molecule has 1 amide bonds. The van der Waals surface area contributed by atoms with Crippen molar-refractivity contribution in [2.75, 3.05) is 0 Å². The Labute approximate surface area is 184 Å². The zero-order chi connectivity index (χ0) is 23.8. The van der Waals surface area contributed by atoms with Crippen LogP contribution >= 0.6 is 0 Å². The van der Waals surface area contributed by atoms with E-state index < -0.39 is 41.6 Å². The first-order valence-electron chi connectivity index (χ1n) is 10.1. The molecule has 2 rings (SSSR count). The maximum absolute atomic E-state index is 13.2. The molecule has 172 valence electrons. The Bertz CT molecular complexity index is 943. The Kier molecular flexibility index (Phi) is 8.83. The second kappa shape index (κ2) is 11.3. The van der Waals surface area contributed by atoms with Gasteiger partial charge in [-0.05, 0) is 54.2 Å². The Morgan fingerprint density at radius 1 is 0.875 bits per heavy atom. The van der Waals surface area contributed by atoms with E-state index in [1.54, 1.807) is 12.1 Å². The van der Waals surface area contributed by atoms with Crippen LogP contribution in [0.25, 0.3) is 0 Å². The molecule has 2 aromatic carbocycles. The van der Waals surface area contributed by atoms with Crippen LogP contribution < -0.4 is 10.6 Å². The fraction of sp³-hybridized carbons (Fsp3) is 0.348. The standard InChI is InChI=1S/C23H26F2N2O5/c1-13(2)7-19(22(29)30)27-20(23(31)32)10-14-3-5-16(6-4-14)21(28)26-12-15-8-17(24)11-18(25)9-15/h3-6,8-9,11,13,19-20,27H,7,10,12H2,1-2H3,(H,26,28)(H,29,30)(H,31,32). The van der Waals surface area contributed by atoms with Gasteiger partial charge in [0.25, 0.3) is 5.91 Å². The minimum absolute atomic E-state index is 0.0294. The SMILES string of the molecule is CC(C)CC(NC(Cc1ccc(C(=O)NCc2cc(F)cc(F)c2)cc1)C(=O)O)C(=O)O. The summed E-state index contributed by atoms with van der Waals surface area (Å²) in [5, 5.41) is 24.1. The van der Waals surface area contributed by atoms with Crippen molar-refractivity contribution >= 4 is 17.8 Å². The topological polar surface area (TPSA) is 116 Å². The lowest BCUT2D eigenvalue weighted by Gasteiger charge is -2.21. The number of carbonyl (C=O) groups is 3. The maximum Gasteiger partial charge on any atom is 0.321 e. The van der Waals surface area contributed by atoms with E-state index in [1.807, 2.05) is 13.8 Å². The van der Waals surface area contributed by atoms with Gasteiger partial charge in [-0.3, -0.25) is 19.7 Å². The summed E-state index contributed by atoms with van der Waals surface area (Å²) in [4.78, 5) is 35.3. The van der Waals surface area contributed by atoms with E-state index >= 15 is 0 Å². The molecule has 0 spiro atoms. The van der Waals surface area contributed by atoms with Crippen LogP contribution in [0.3, 0.4) is 0 Å². The van der Waals surface area contributed by atoms with Crippen LogP contribution in [0.15, 0.2) is 42.5 Å². The molecule has 0 radical (unpaired) electrons. The smallest absolute Gasteiger partial charge is 0.321 e. The summed E-state index contributed by atoms with van der Waals surface area (Å²) in [5.41, 5.74) is 1.16. The third-order valence-corrected chi connectivity index (χ3v) is 4.74. The van der Waals surface area contributed by atoms with Crippen molar-refractivity contribution in [3.8, 4) is 0 Å². The third kappa shape index (κ3) is 7.73. The van der Waals surface area contributed by atoms with Gasteiger partial charge in [-0.15, -0.1) is 0 Å². The molecular formula is C23H26F2N2O5. The Morgan fingerprint density at radius 2 is 1.44 bits per heavy atom. The number of rotatable bonds is 11. The quantitative estimate of drug-likeness (QED) is 0.420. The number of hydrogen-bond acceptors (Lipinski definition) is 4. The van der Waals surface area contributed by atoms with Crippen molar-refractivity contribution < 1.29 is 33.4 Å². The van der Waals surface area contributed by atoms with Crippen LogP contribution in [0.4, 0.5) is 8.78 Å². The number of aliphatic carboxylic acids is 2. The molecule has 0 aromatic heterocycles. The average Bonchev–Trinajstić information content (AvgIpc) is 2.70. The minimum Gasteiger partial charge on any atom is -0.480 e. The number of carboxylic acid groups (broad SMARTS) is 2. The highest BCUT2D eigenvalue weighted by Crippen LogP contribution is 2.12. The van der Waals surface area contributed by atoms with Gasteiger partial charge in [-0.1, -0.05) is 26.0 Å².